The van der Waals surface area contributed by atoms with Crippen LogP contribution in [0.5, 0.6) is 17.2 Å². The van der Waals surface area contributed by atoms with Crippen LogP contribution in [0.4, 0.5) is 11.4 Å². The van der Waals surface area contributed by atoms with E-state index in [1.165, 1.54) is 0 Å². The molecule has 0 radical (unpaired) electrons. The predicted molar refractivity (Wildman–Crippen MR) is 102 cm³/mol. The normalized spacial score (nSPS) is 20.6. The van der Waals surface area contributed by atoms with Crippen LogP contribution in [0, 0.1) is 5.92 Å². The maximum Gasteiger partial charge on any atom is 0.232 e. The summed E-state index contributed by atoms with van der Waals surface area (Å²) in [5.41, 5.74) is 1.50. The topological polar surface area (TPSA) is 68.3 Å². The minimum atomic E-state index is -0.383. The Labute approximate surface area is 162 Å². The van der Waals surface area contributed by atoms with E-state index in [4.69, 9.17) is 14.2 Å². The van der Waals surface area contributed by atoms with E-state index in [1.807, 2.05) is 42.5 Å². The minimum absolute atomic E-state index is 0.0378. The number of carbonyl (C=O) groups excluding carboxylic acids is 2. The zero-order chi connectivity index (χ0) is 19.1. The molecule has 3 aliphatic heterocycles. The van der Waals surface area contributed by atoms with E-state index >= 15 is 0 Å². The first kappa shape index (κ1) is 16.9. The van der Waals surface area contributed by atoms with Gasteiger partial charge in [0.2, 0.25) is 11.8 Å². The van der Waals surface area contributed by atoms with Crippen LogP contribution in [0.1, 0.15) is 6.42 Å². The second kappa shape index (κ2) is 6.74. The van der Waals surface area contributed by atoms with Crippen molar-refractivity contribution in [3.63, 3.8) is 0 Å². The first-order valence-corrected chi connectivity index (χ1v) is 9.44. The molecular weight excluding hydrogens is 360 g/mol. The Morgan fingerprint density at radius 1 is 0.929 bits per heavy atom. The molecule has 1 unspecified atom stereocenters. The molecule has 7 heteroatoms. The van der Waals surface area contributed by atoms with Crippen LogP contribution in [0.3, 0.4) is 0 Å². The zero-order valence-electron chi connectivity index (χ0n) is 15.3. The summed E-state index contributed by atoms with van der Waals surface area (Å²) in [4.78, 5) is 29.2. The molecule has 0 bridgehead atoms. The molecule has 2 aromatic rings. The SMILES string of the molecule is O=C1CC(C(=O)N2CCOc3ccccc32)CN1c1ccc2c(c1)OCCO2. The first-order chi connectivity index (χ1) is 13.7. The Kier molecular flexibility index (Phi) is 4.07. The van der Waals surface area contributed by atoms with Crippen molar-refractivity contribution in [2.24, 2.45) is 5.92 Å². The standard InChI is InChI=1S/C21H20N2O5/c24-20-11-14(21(25)22-7-8-26-17-4-2-1-3-16(17)22)13-23(20)15-5-6-18-19(12-15)28-10-9-27-18/h1-6,12,14H,7-11,13H2. The second-order valence-electron chi connectivity index (χ2n) is 7.04. The lowest BCUT2D eigenvalue weighted by Gasteiger charge is -2.31. The van der Waals surface area contributed by atoms with Crippen molar-refractivity contribution in [1.82, 2.24) is 0 Å². The number of anilines is 2. The van der Waals surface area contributed by atoms with Gasteiger partial charge in [0.15, 0.2) is 11.5 Å². The number of benzene rings is 2. The number of hydrogen-bond acceptors (Lipinski definition) is 5. The van der Waals surface area contributed by atoms with Gasteiger partial charge in [-0.15, -0.1) is 0 Å². The van der Waals surface area contributed by atoms with Gasteiger partial charge in [0.1, 0.15) is 25.6 Å². The Bertz CT molecular complexity index is 944. The third kappa shape index (κ3) is 2.83. The van der Waals surface area contributed by atoms with Gasteiger partial charge < -0.3 is 24.0 Å². The molecular formula is C21H20N2O5. The molecule has 2 amide bonds. The molecule has 28 heavy (non-hydrogen) atoms. The number of fused-ring (bicyclic) bond motifs is 2. The van der Waals surface area contributed by atoms with Gasteiger partial charge in [-0.05, 0) is 24.3 Å². The van der Waals surface area contributed by atoms with Crippen LogP contribution in [0.25, 0.3) is 0 Å². The fourth-order valence-electron chi connectivity index (χ4n) is 3.94. The predicted octanol–water partition coefficient (Wildman–Crippen LogP) is 2.24. The average Bonchev–Trinajstić information content (AvgIpc) is 3.14. The molecule has 1 fully saturated rings. The third-order valence-electron chi connectivity index (χ3n) is 5.31. The van der Waals surface area contributed by atoms with E-state index in [1.54, 1.807) is 9.80 Å². The van der Waals surface area contributed by atoms with Crippen LogP contribution >= 0.6 is 0 Å². The molecule has 7 nitrogen and oxygen atoms in total. The molecule has 5 rings (SSSR count). The van der Waals surface area contributed by atoms with Crippen LogP contribution in [0.15, 0.2) is 42.5 Å². The number of para-hydroxylation sites is 2. The quantitative estimate of drug-likeness (QED) is 0.799. The minimum Gasteiger partial charge on any atom is -0.490 e. The van der Waals surface area contributed by atoms with E-state index < -0.39 is 0 Å². The Morgan fingerprint density at radius 2 is 1.71 bits per heavy atom. The van der Waals surface area contributed by atoms with Crippen LogP contribution in [-0.2, 0) is 9.59 Å². The largest absolute Gasteiger partial charge is 0.490 e. The highest BCUT2D eigenvalue weighted by Gasteiger charge is 2.39. The number of nitrogens with zero attached hydrogens (tertiary/aromatic N) is 2. The lowest BCUT2D eigenvalue weighted by molar-refractivity contribution is -0.124. The van der Waals surface area contributed by atoms with Gasteiger partial charge in [-0.25, -0.2) is 0 Å². The van der Waals surface area contributed by atoms with Gasteiger partial charge in [0.25, 0.3) is 0 Å². The van der Waals surface area contributed by atoms with E-state index in [2.05, 4.69) is 0 Å². The lowest BCUT2D eigenvalue weighted by atomic mass is 10.1. The van der Waals surface area contributed by atoms with Crippen molar-refractivity contribution >= 4 is 23.2 Å². The van der Waals surface area contributed by atoms with Gasteiger partial charge in [-0.3, -0.25) is 9.59 Å². The van der Waals surface area contributed by atoms with Crippen molar-refractivity contribution in [1.29, 1.82) is 0 Å². The summed E-state index contributed by atoms with van der Waals surface area (Å²) in [7, 11) is 0. The summed E-state index contributed by atoms with van der Waals surface area (Å²) >= 11 is 0. The molecule has 0 spiro atoms. The molecule has 2 aromatic carbocycles. The zero-order valence-corrected chi connectivity index (χ0v) is 15.3. The summed E-state index contributed by atoms with van der Waals surface area (Å²) in [6.45, 7) is 2.31. The summed E-state index contributed by atoms with van der Waals surface area (Å²) in [6, 6.07) is 13.0. The molecule has 0 N–H and O–H groups in total. The molecule has 0 aromatic heterocycles. The monoisotopic (exact) mass is 380 g/mol. The van der Waals surface area contributed by atoms with Crippen molar-refractivity contribution in [2.45, 2.75) is 6.42 Å². The first-order valence-electron chi connectivity index (χ1n) is 9.44. The molecule has 0 aliphatic carbocycles. The molecule has 3 heterocycles. The van der Waals surface area contributed by atoms with Crippen LogP contribution < -0.4 is 24.0 Å². The Hall–Kier alpha value is -3.22. The molecule has 144 valence electrons. The maximum atomic E-state index is 13.2. The Morgan fingerprint density at radius 3 is 2.61 bits per heavy atom. The van der Waals surface area contributed by atoms with Crippen LogP contribution in [-0.4, -0.2) is 44.7 Å². The van der Waals surface area contributed by atoms with Gasteiger partial charge in [0.05, 0.1) is 18.2 Å². The summed E-state index contributed by atoms with van der Waals surface area (Å²) < 4.78 is 16.8. The lowest BCUT2D eigenvalue weighted by Crippen LogP contribution is -2.42. The van der Waals surface area contributed by atoms with Gasteiger partial charge in [-0.1, -0.05) is 12.1 Å². The number of rotatable bonds is 2. The fraction of sp³-hybridized carbons (Fsp3) is 0.333. The van der Waals surface area contributed by atoms with Crippen molar-refractivity contribution in [3.05, 3.63) is 42.5 Å². The highest BCUT2D eigenvalue weighted by atomic mass is 16.6. The average molecular weight is 380 g/mol. The highest BCUT2D eigenvalue weighted by molar-refractivity contribution is 6.05. The number of carbonyl (C=O) groups is 2. The Balaban J connectivity index is 1.36. The molecule has 1 saturated heterocycles. The number of amides is 2. The van der Waals surface area contributed by atoms with Crippen molar-refractivity contribution < 1.29 is 23.8 Å². The fourth-order valence-corrected chi connectivity index (χ4v) is 3.94. The maximum absolute atomic E-state index is 13.2. The van der Waals surface area contributed by atoms with E-state index in [0.29, 0.717) is 50.2 Å². The molecule has 0 saturated carbocycles. The van der Waals surface area contributed by atoms with Gasteiger partial charge >= 0.3 is 0 Å². The summed E-state index contributed by atoms with van der Waals surface area (Å²) in [5.74, 6) is 1.54. The smallest absolute Gasteiger partial charge is 0.232 e. The van der Waals surface area contributed by atoms with Crippen LogP contribution in [0.2, 0.25) is 0 Å². The van der Waals surface area contributed by atoms with Crippen molar-refractivity contribution in [2.75, 3.05) is 42.7 Å². The van der Waals surface area contributed by atoms with E-state index in [0.717, 1.165) is 11.4 Å². The molecule has 1 atom stereocenters. The summed E-state index contributed by atoms with van der Waals surface area (Å²) in [6.07, 6.45) is 0.201. The second-order valence-corrected chi connectivity index (χ2v) is 7.04. The highest BCUT2D eigenvalue weighted by Crippen LogP contribution is 2.37. The van der Waals surface area contributed by atoms with E-state index in [-0.39, 0.29) is 24.2 Å². The number of hydrogen-bond donors (Lipinski definition) is 0. The third-order valence-corrected chi connectivity index (χ3v) is 5.31. The van der Waals surface area contributed by atoms with Crippen molar-refractivity contribution in [3.8, 4) is 17.2 Å². The summed E-state index contributed by atoms with van der Waals surface area (Å²) in [5, 5.41) is 0. The molecule has 3 aliphatic rings. The number of ether oxygens (including phenoxy) is 3. The van der Waals surface area contributed by atoms with E-state index in [9.17, 15) is 9.59 Å². The van der Waals surface area contributed by atoms with Gasteiger partial charge in [0, 0.05) is 24.7 Å². The van der Waals surface area contributed by atoms with Gasteiger partial charge in [-0.2, -0.15) is 0 Å².